The number of amides is 1. The number of para-hydroxylation sites is 1. The van der Waals surface area contributed by atoms with E-state index in [2.05, 4.69) is 45.4 Å². The lowest BCUT2D eigenvalue weighted by molar-refractivity contribution is -0.119. The number of anilines is 2. The number of hydrogen-bond acceptors (Lipinski definition) is 5. The standard InChI is InChI=1S/C25H35N3O3/c1-31-20-25(30)26-22-10-8-9-21(19-22)24(29)13-6-3-7-14-27-15-17-28(18-16-27)23-11-4-2-5-12-23/h2,4-5,8-12,19,24,29H,3,6-7,13-18,20H2,1H3,(H,26,30). The molecule has 31 heavy (non-hydrogen) atoms. The van der Waals surface area contributed by atoms with Crippen molar-refractivity contribution in [3.05, 3.63) is 60.2 Å². The number of aliphatic hydroxyl groups excluding tert-OH is 1. The maximum absolute atomic E-state index is 11.7. The van der Waals surface area contributed by atoms with Crippen LogP contribution in [-0.4, -0.2) is 62.4 Å². The Kier molecular flexibility index (Phi) is 9.34. The lowest BCUT2D eigenvalue weighted by atomic mass is 10.0. The van der Waals surface area contributed by atoms with Crippen molar-refractivity contribution in [1.82, 2.24) is 4.90 Å². The van der Waals surface area contributed by atoms with Crippen LogP contribution in [0.1, 0.15) is 37.4 Å². The summed E-state index contributed by atoms with van der Waals surface area (Å²) < 4.78 is 4.83. The largest absolute Gasteiger partial charge is 0.388 e. The van der Waals surface area contributed by atoms with Crippen LogP contribution in [0.5, 0.6) is 0 Å². The van der Waals surface area contributed by atoms with E-state index in [1.165, 1.54) is 12.8 Å². The molecule has 168 valence electrons. The van der Waals surface area contributed by atoms with Crippen molar-refractivity contribution in [2.45, 2.75) is 31.8 Å². The van der Waals surface area contributed by atoms with Gasteiger partial charge in [-0.1, -0.05) is 43.2 Å². The second kappa shape index (κ2) is 12.4. The first-order valence-electron chi connectivity index (χ1n) is 11.2. The van der Waals surface area contributed by atoms with Crippen LogP contribution < -0.4 is 10.2 Å². The molecule has 1 aliphatic rings. The van der Waals surface area contributed by atoms with Crippen molar-refractivity contribution >= 4 is 17.3 Å². The molecule has 1 aliphatic heterocycles. The van der Waals surface area contributed by atoms with Crippen LogP contribution in [0, 0.1) is 0 Å². The van der Waals surface area contributed by atoms with Crippen molar-refractivity contribution in [3.8, 4) is 0 Å². The third-order valence-corrected chi connectivity index (χ3v) is 5.78. The van der Waals surface area contributed by atoms with Gasteiger partial charge < -0.3 is 20.1 Å². The van der Waals surface area contributed by atoms with Crippen LogP contribution in [0.15, 0.2) is 54.6 Å². The van der Waals surface area contributed by atoms with E-state index in [4.69, 9.17) is 4.74 Å². The molecule has 0 bridgehead atoms. The van der Waals surface area contributed by atoms with E-state index in [1.54, 1.807) is 0 Å². The molecule has 1 atom stereocenters. The zero-order chi connectivity index (χ0) is 21.9. The van der Waals surface area contributed by atoms with Crippen LogP contribution >= 0.6 is 0 Å². The molecular weight excluding hydrogens is 390 g/mol. The van der Waals surface area contributed by atoms with Gasteiger partial charge in [-0.15, -0.1) is 0 Å². The summed E-state index contributed by atoms with van der Waals surface area (Å²) in [7, 11) is 1.49. The number of piperazine rings is 1. The molecule has 3 rings (SSSR count). The van der Waals surface area contributed by atoms with Gasteiger partial charge in [0.25, 0.3) is 0 Å². The van der Waals surface area contributed by atoms with Gasteiger partial charge in [0, 0.05) is 44.7 Å². The second-order valence-electron chi connectivity index (χ2n) is 8.14. The minimum Gasteiger partial charge on any atom is -0.388 e. The summed E-state index contributed by atoms with van der Waals surface area (Å²) >= 11 is 0. The van der Waals surface area contributed by atoms with Crippen molar-refractivity contribution in [2.24, 2.45) is 0 Å². The number of hydrogen-bond donors (Lipinski definition) is 2. The third kappa shape index (κ3) is 7.65. The van der Waals surface area contributed by atoms with Crippen LogP contribution in [0.25, 0.3) is 0 Å². The highest BCUT2D eigenvalue weighted by atomic mass is 16.5. The second-order valence-corrected chi connectivity index (χ2v) is 8.14. The highest BCUT2D eigenvalue weighted by Gasteiger charge is 2.16. The van der Waals surface area contributed by atoms with E-state index < -0.39 is 6.10 Å². The number of aliphatic hydroxyl groups is 1. The van der Waals surface area contributed by atoms with Crippen LogP contribution in [-0.2, 0) is 9.53 Å². The number of nitrogens with one attached hydrogen (secondary N) is 1. The van der Waals surface area contributed by atoms with Gasteiger partial charge in [-0.2, -0.15) is 0 Å². The Bertz CT molecular complexity index is 792. The van der Waals surface area contributed by atoms with Gasteiger partial charge in [0.1, 0.15) is 6.61 Å². The number of ether oxygens (including phenoxy) is 1. The van der Waals surface area contributed by atoms with Crippen LogP contribution in [0.4, 0.5) is 11.4 Å². The van der Waals surface area contributed by atoms with Gasteiger partial charge in [0.15, 0.2) is 0 Å². The summed E-state index contributed by atoms with van der Waals surface area (Å²) in [5.74, 6) is -0.196. The van der Waals surface area contributed by atoms with E-state index >= 15 is 0 Å². The summed E-state index contributed by atoms with van der Waals surface area (Å²) in [6, 6.07) is 18.1. The molecule has 0 spiro atoms. The lowest BCUT2D eigenvalue weighted by Crippen LogP contribution is -2.46. The molecule has 1 fully saturated rings. The summed E-state index contributed by atoms with van der Waals surface area (Å²) in [6.45, 7) is 5.53. The predicted octanol–water partition coefficient (Wildman–Crippen LogP) is 3.69. The number of rotatable bonds is 11. The maximum Gasteiger partial charge on any atom is 0.250 e. The monoisotopic (exact) mass is 425 g/mol. The Balaban J connectivity index is 1.31. The van der Waals surface area contributed by atoms with Crippen molar-refractivity contribution in [2.75, 3.05) is 56.7 Å². The highest BCUT2D eigenvalue weighted by Crippen LogP contribution is 2.23. The normalized spacial score (nSPS) is 15.6. The minimum absolute atomic E-state index is 0.0219. The molecule has 2 N–H and O–H groups in total. The average Bonchev–Trinajstić information content (AvgIpc) is 2.80. The SMILES string of the molecule is COCC(=O)Nc1cccc(C(O)CCCCCN2CCN(c3ccccc3)CC2)c1. The predicted molar refractivity (Wildman–Crippen MR) is 125 cm³/mol. The Labute approximate surface area is 185 Å². The Hall–Kier alpha value is -2.41. The van der Waals surface area contributed by atoms with E-state index in [-0.39, 0.29) is 12.5 Å². The Morgan fingerprint density at radius 2 is 1.81 bits per heavy atom. The summed E-state index contributed by atoms with van der Waals surface area (Å²) in [5, 5.41) is 13.3. The fourth-order valence-corrected chi connectivity index (χ4v) is 4.04. The smallest absolute Gasteiger partial charge is 0.250 e. The molecule has 1 saturated heterocycles. The minimum atomic E-state index is -0.506. The van der Waals surface area contributed by atoms with E-state index in [9.17, 15) is 9.90 Å². The zero-order valence-corrected chi connectivity index (χ0v) is 18.5. The molecule has 6 nitrogen and oxygen atoms in total. The zero-order valence-electron chi connectivity index (χ0n) is 18.5. The molecule has 0 aliphatic carbocycles. The molecule has 1 heterocycles. The molecule has 0 radical (unpaired) electrons. The summed E-state index contributed by atoms with van der Waals surface area (Å²) in [5.41, 5.74) is 2.85. The number of nitrogens with zero attached hydrogens (tertiary/aromatic N) is 2. The number of methoxy groups -OCH3 is 1. The Morgan fingerprint density at radius 3 is 2.55 bits per heavy atom. The number of carbonyl (C=O) groups excluding carboxylic acids is 1. The molecule has 2 aromatic carbocycles. The van der Waals surface area contributed by atoms with E-state index in [0.29, 0.717) is 5.69 Å². The Morgan fingerprint density at radius 1 is 1.03 bits per heavy atom. The van der Waals surface area contributed by atoms with Crippen molar-refractivity contribution in [3.63, 3.8) is 0 Å². The van der Waals surface area contributed by atoms with Crippen LogP contribution in [0.3, 0.4) is 0 Å². The average molecular weight is 426 g/mol. The molecule has 1 unspecified atom stereocenters. The van der Waals surface area contributed by atoms with Gasteiger partial charge in [0.05, 0.1) is 6.10 Å². The molecule has 1 amide bonds. The number of benzene rings is 2. The molecule has 0 saturated carbocycles. The van der Waals surface area contributed by atoms with Gasteiger partial charge in [-0.3, -0.25) is 9.69 Å². The van der Waals surface area contributed by atoms with Gasteiger partial charge in [-0.25, -0.2) is 0 Å². The maximum atomic E-state index is 11.7. The number of carbonyl (C=O) groups is 1. The first-order valence-corrected chi connectivity index (χ1v) is 11.2. The fourth-order valence-electron chi connectivity index (χ4n) is 4.04. The molecular formula is C25H35N3O3. The van der Waals surface area contributed by atoms with E-state index in [0.717, 1.165) is 64.0 Å². The fraction of sp³-hybridized carbons (Fsp3) is 0.480. The highest BCUT2D eigenvalue weighted by molar-refractivity contribution is 5.91. The number of unbranched alkanes of at least 4 members (excludes halogenated alkanes) is 2. The van der Waals surface area contributed by atoms with Crippen LogP contribution in [0.2, 0.25) is 0 Å². The molecule has 2 aromatic rings. The topological polar surface area (TPSA) is 65.0 Å². The van der Waals surface area contributed by atoms with Gasteiger partial charge in [0.2, 0.25) is 5.91 Å². The first-order chi connectivity index (χ1) is 15.2. The van der Waals surface area contributed by atoms with Crippen molar-refractivity contribution < 1.29 is 14.6 Å². The molecule has 6 heteroatoms. The van der Waals surface area contributed by atoms with Crippen molar-refractivity contribution in [1.29, 1.82) is 0 Å². The third-order valence-electron chi connectivity index (χ3n) is 5.78. The van der Waals surface area contributed by atoms with Gasteiger partial charge >= 0.3 is 0 Å². The van der Waals surface area contributed by atoms with E-state index in [1.807, 2.05) is 24.3 Å². The summed E-state index contributed by atoms with van der Waals surface area (Å²) in [4.78, 5) is 16.7. The lowest BCUT2D eigenvalue weighted by Gasteiger charge is -2.36. The van der Waals surface area contributed by atoms with Gasteiger partial charge in [-0.05, 0) is 49.2 Å². The molecule has 0 aromatic heterocycles. The first kappa shape index (κ1) is 23.3. The quantitative estimate of drug-likeness (QED) is 0.538. The summed E-state index contributed by atoms with van der Waals surface area (Å²) in [6.07, 6.45) is 3.49.